The second-order valence-electron chi connectivity index (χ2n) is 3.90. The minimum atomic E-state index is -0.302. The fraction of sp³-hybridized carbons (Fsp3) is 0.0833. The smallest absolute Gasteiger partial charge is 0.267 e. The molecule has 1 amide bonds. The predicted molar refractivity (Wildman–Crippen MR) is 78.8 cm³/mol. The molecule has 0 aliphatic carbocycles. The third kappa shape index (κ3) is 2.89. The molecule has 0 saturated carbocycles. The highest BCUT2D eigenvalue weighted by Gasteiger charge is 2.14. The lowest BCUT2D eigenvalue weighted by molar-refractivity contribution is 0.103. The summed E-state index contributed by atoms with van der Waals surface area (Å²) in [4.78, 5) is 16.6. The van der Waals surface area contributed by atoms with Crippen LogP contribution >= 0.6 is 22.9 Å². The van der Waals surface area contributed by atoms with E-state index in [1.807, 2.05) is 0 Å². The van der Waals surface area contributed by atoms with Crippen molar-refractivity contribution < 1.29 is 10.0 Å². The summed E-state index contributed by atoms with van der Waals surface area (Å²) in [7, 11) is 0. The first-order chi connectivity index (χ1) is 9.52. The number of aromatic nitrogens is 1. The quantitative estimate of drug-likeness (QED) is 0.351. The van der Waals surface area contributed by atoms with Gasteiger partial charge in [-0.05, 0) is 25.1 Å². The lowest BCUT2D eigenvalue weighted by atomic mass is 10.2. The number of hydrogen-bond donors (Lipinski definition) is 3. The molecule has 20 heavy (non-hydrogen) atoms. The molecule has 0 aliphatic heterocycles. The van der Waals surface area contributed by atoms with Crippen LogP contribution in [0, 0.1) is 6.92 Å². The molecule has 0 aliphatic rings. The number of oxime groups is 1. The summed E-state index contributed by atoms with van der Waals surface area (Å²) >= 11 is 7.26. The van der Waals surface area contributed by atoms with Crippen LogP contribution in [0.25, 0.3) is 0 Å². The van der Waals surface area contributed by atoms with Crippen LogP contribution in [0.15, 0.2) is 28.9 Å². The maximum Gasteiger partial charge on any atom is 0.267 e. The summed E-state index contributed by atoms with van der Waals surface area (Å²) in [5.74, 6) is -0.366. The molecule has 2 aromatic rings. The van der Waals surface area contributed by atoms with Gasteiger partial charge < -0.3 is 16.3 Å². The van der Waals surface area contributed by atoms with Gasteiger partial charge in [0.05, 0.1) is 21.9 Å². The van der Waals surface area contributed by atoms with E-state index in [0.717, 1.165) is 0 Å². The summed E-state index contributed by atoms with van der Waals surface area (Å²) in [6.45, 7) is 1.75. The van der Waals surface area contributed by atoms with Crippen LogP contribution in [0.4, 0.5) is 5.69 Å². The van der Waals surface area contributed by atoms with Gasteiger partial charge in [0.2, 0.25) is 0 Å². The molecule has 8 heteroatoms. The standard InChI is InChI=1S/C12H11ClN4O2S/c1-6-10(20-5-15-6)12(18)16-9-4-7(11(14)17-19)2-3-8(9)13/h2-5,19H,1H3,(H2,14,17)(H,16,18). The third-order valence-electron chi connectivity index (χ3n) is 2.57. The molecule has 1 aromatic carbocycles. The van der Waals surface area contributed by atoms with Gasteiger partial charge in [-0.15, -0.1) is 11.3 Å². The van der Waals surface area contributed by atoms with Gasteiger partial charge in [0, 0.05) is 5.56 Å². The van der Waals surface area contributed by atoms with Crippen molar-refractivity contribution in [2.75, 3.05) is 5.32 Å². The van der Waals surface area contributed by atoms with E-state index in [4.69, 9.17) is 22.5 Å². The predicted octanol–water partition coefficient (Wildman–Crippen LogP) is 2.45. The number of halogens is 1. The SMILES string of the molecule is Cc1ncsc1C(=O)Nc1cc(/C(N)=N/O)ccc1Cl. The molecule has 0 bridgehead atoms. The van der Waals surface area contributed by atoms with Gasteiger partial charge in [0.25, 0.3) is 5.91 Å². The van der Waals surface area contributed by atoms with Crippen molar-refractivity contribution in [3.05, 3.63) is 44.9 Å². The Hall–Kier alpha value is -2.12. The lowest BCUT2D eigenvalue weighted by Crippen LogP contribution is -2.15. The second-order valence-corrected chi connectivity index (χ2v) is 5.16. The second kappa shape index (κ2) is 5.89. The Balaban J connectivity index is 2.29. The van der Waals surface area contributed by atoms with E-state index in [9.17, 15) is 4.79 Å². The molecular formula is C12H11ClN4O2S. The Labute approximate surface area is 123 Å². The van der Waals surface area contributed by atoms with Crippen molar-refractivity contribution in [1.29, 1.82) is 0 Å². The van der Waals surface area contributed by atoms with Crippen LogP contribution in [0.2, 0.25) is 5.02 Å². The van der Waals surface area contributed by atoms with Crippen LogP contribution in [-0.2, 0) is 0 Å². The van der Waals surface area contributed by atoms with E-state index in [0.29, 0.717) is 26.8 Å². The zero-order valence-corrected chi connectivity index (χ0v) is 12.0. The molecule has 6 nitrogen and oxygen atoms in total. The maximum absolute atomic E-state index is 12.1. The highest BCUT2D eigenvalue weighted by molar-refractivity contribution is 7.12. The summed E-state index contributed by atoms with van der Waals surface area (Å²) in [5, 5.41) is 14.6. The molecule has 2 rings (SSSR count). The van der Waals surface area contributed by atoms with Crippen molar-refractivity contribution >= 4 is 40.4 Å². The molecule has 1 heterocycles. The van der Waals surface area contributed by atoms with Gasteiger partial charge in [0.15, 0.2) is 5.84 Å². The normalized spacial score (nSPS) is 11.4. The van der Waals surface area contributed by atoms with E-state index >= 15 is 0 Å². The van der Waals surface area contributed by atoms with Crippen LogP contribution in [0.3, 0.4) is 0 Å². The summed E-state index contributed by atoms with van der Waals surface area (Å²) < 4.78 is 0. The van der Waals surface area contributed by atoms with Crippen LogP contribution in [0.5, 0.6) is 0 Å². The molecule has 0 atom stereocenters. The minimum absolute atomic E-state index is 0.0638. The molecule has 0 fully saturated rings. The molecule has 4 N–H and O–H groups in total. The van der Waals surface area contributed by atoms with Gasteiger partial charge in [-0.2, -0.15) is 0 Å². The highest BCUT2D eigenvalue weighted by Crippen LogP contribution is 2.24. The van der Waals surface area contributed by atoms with Crippen molar-refractivity contribution in [3.8, 4) is 0 Å². The van der Waals surface area contributed by atoms with Crippen molar-refractivity contribution in [3.63, 3.8) is 0 Å². The fourth-order valence-electron chi connectivity index (χ4n) is 1.54. The van der Waals surface area contributed by atoms with Crippen LogP contribution in [0.1, 0.15) is 20.9 Å². The average Bonchev–Trinajstić information content (AvgIpc) is 2.86. The van der Waals surface area contributed by atoms with Gasteiger partial charge >= 0.3 is 0 Å². The highest BCUT2D eigenvalue weighted by atomic mass is 35.5. The summed E-state index contributed by atoms with van der Waals surface area (Å²) in [5.41, 5.74) is 8.58. The van der Waals surface area contributed by atoms with Gasteiger partial charge in [0.1, 0.15) is 4.88 Å². The largest absolute Gasteiger partial charge is 0.409 e. The van der Waals surface area contributed by atoms with Gasteiger partial charge in [-0.25, -0.2) is 4.98 Å². The number of amides is 1. The zero-order chi connectivity index (χ0) is 14.7. The maximum atomic E-state index is 12.1. The number of amidine groups is 1. The number of thiazole rings is 1. The Morgan fingerprint density at radius 3 is 2.90 bits per heavy atom. The van der Waals surface area contributed by atoms with E-state index in [-0.39, 0.29) is 11.7 Å². The Bertz CT molecular complexity index is 684. The van der Waals surface area contributed by atoms with Crippen molar-refractivity contribution in [1.82, 2.24) is 4.98 Å². The van der Waals surface area contributed by atoms with E-state index in [1.54, 1.807) is 24.6 Å². The van der Waals surface area contributed by atoms with Gasteiger partial charge in [-0.3, -0.25) is 4.79 Å². The number of nitrogens with one attached hydrogen (secondary N) is 1. The van der Waals surface area contributed by atoms with Crippen molar-refractivity contribution in [2.24, 2.45) is 10.9 Å². The number of nitrogens with zero attached hydrogens (tertiary/aromatic N) is 2. The zero-order valence-electron chi connectivity index (χ0n) is 10.4. The first kappa shape index (κ1) is 14.3. The Morgan fingerprint density at radius 1 is 1.55 bits per heavy atom. The Morgan fingerprint density at radius 2 is 2.30 bits per heavy atom. The number of rotatable bonds is 3. The van der Waals surface area contributed by atoms with E-state index in [1.165, 1.54) is 17.4 Å². The number of aryl methyl sites for hydroxylation is 1. The molecule has 0 radical (unpaired) electrons. The number of carbonyl (C=O) groups is 1. The summed E-state index contributed by atoms with van der Waals surface area (Å²) in [6.07, 6.45) is 0. The number of benzene rings is 1. The topological polar surface area (TPSA) is 101 Å². The molecule has 104 valence electrons. The lowest BCUT2D eigenvalue weighted by Gasteiger charge is -2.08. The van der Waals surface area contributed by atoms with Crippen LogP contribution < -0.4 is 11.1 Å². The van der Waals surface area contributed by atoms with E-state index in [2.05, 4.69) is 15.5 Å². The Kier molecular flexibility index (Phi) is 4.21. The van der Waals surface area contributed by atoms with Crippen LogP contribution in [-0.4, -0.2) is 21.9 Å². The first-order valence-corrected chi connectivity index (χ1v) is 6.77. The van der Waals surface area contributed by atoms with Gasteiger partial charge in [-0.1, -0.05) is 16.8 Å². The number of carbonyl (C=O) groups excluding carboxylic acids is 1. The third-order valence-corrected chi connectivity index (χ3v) is 3.83. The number of nitrogens with two attached hydrogens (primary N) is 1. The molecular weight excluding hydrogens is 300 g/mol. The monoisotopic (exact) mass is 310 g/mol. The molecule has 1 aromatic heterocycles. The molecule has 0 saturated heterocycles. The van der Waals surface area contributed by atoms with E-state index < -0.39 is 0 Å². The number of hydrogen-bond acceptors (Lipinski definition) is 5. The first-order valence-electron chi connectivity index (χ1n) is 5.52. The summed E-state index contributed by atoms with van der Waals surface area (Å²) in [6, 6.07) is 4.68. The molecule has 0 unspecified atom stereocenters. The molecule has 0 spiro atoms. The fourth-order valence-corrected chi connectivity index (χ4v) is 2.40. The minimum Gasteiger partial charge on any atom is -0.409 e. The number of anilines is 1. The van der Waals surface area contributed by atoms with Crippen molar-refractivity contribution in [2.45, 2.75) is 6.92 Å². The average molecular weight is 311 g/mol.